The van der Waals surface area contributed by atoms with E-state index in [0.717, 1.165) is 44.0 Å². The molecule has 0 spiro atoms. The number of benzene rings is 2. The molecular weight excluding hydrogens is 366 g/mol. The van der Waals surface area contributed by atoms with E-state index in [-0.39, 0.29) is 0 Å². The Kier molecular flexibility index (Phi) is 4.77. The fraction of sp³-hybridized carbons (Fsp3) is 0.105. The lowest BCUT2D eigenvalue weighted by Crippen LogP contribution is -2.01. The van der Waals surface area contributed by atoms with Gasteiger partial charge in [0.05, 0.1) is 11.3 Å². The molecule has 0 aliphatic carbocycles. The van der Waals surface area contributed by atoms with E-state index in [1.54, 1.807) is 11.8 Å². The number of halogens is 1. The Hall–Kier alpha value is -2.57. The number of aromatic nitrogens is 4. The lowest BCUT2D eigenvalue weighted by molar-refractivity contribution is 1.04. The van der Waals surface area contributed by atoms with Gasteiger partial charge in [-0.1, -0.05) is 23.7 Å². The highest BCUT2D eigenvalue weighted by molar-refractivity contribution is 7.98. The Bertz CT molecular complexity index is 1050. The molecule has 0 unspecified atom stereocenters. The minimum Gasteiger partial charge on any atom is -0.323 e. The van der Waals surface area contributed by atoms with Crippen molar-refractivity contribution >= 4 is 45.9 Å². The molecule has 4 rings (SSSR count). The van der Waals surface area contributed by atoms with Crippen LogP contribution in [0.25, 0.3) is 10.9 Å². The van der Waals surface area contributed by atoms with Crippen LogP contribution in [0.3, 0.4) is 0 Å². The number of nitrogens with zero attached hydrogens (tertiary/aromatic N) is 3. The van der Waals surface area contributed by atoms with Crippen LogP contribution in [0.1, 0.15) is 11.5 Å². The van der Waals surface area contributed by atoms with Gasteiger partial charge in [-0.3, -0.25) is 5.10 Å². The summed E-state index contributed by atoms with van der Waals surface area (Å²) in [4.78, 5) is 10.5. The number of anilines is 2. The molecule has 0 amide bonds. The van der Waals surface area contributed by atoms with Gasteiger partial charge in [0.15, 0.2) is 5.82 Å². The average Bonchev–Trinajstić information content (AvgIpc) is 3.06. The van der Waals surface area contributed by atoms with Crippen molar-refractivity contribution in [3.05, 3.63) is 71.1 Å². The first kappa shape index (κ1) is 16.9. The van der Waals surface area contributed by atoms with Crippen LogP contribution in [0.4, 0.5) is 11.6 Å². The average molecular weight is 382 g/mol. The fourth-order valence-electron chi connectivity index (χ4n) is 2.57. The lowest BCUT2D eigenvalue weighted by Gasteiger charge is -2.09. The lowest BCUT2D eigenvalue weighted by atomic mass is 10.2. The summed E-state index contributed by atoms with van der Waals surface area (Å²) in [6.07, 6.45) is 0. The smallest absolute Gasteiger partial charge is 0.153 e. The van der Waals surface area contributed by atoms with Crippen molar-refractivity contribution in [3.63, 3.8) is 0 Å². The molecule has 130 valence electrons. The second-order valence-electron chi connectivity index (χ2n) is 5.81. The van der Waals surface area contributed by atoms with E-state index in [2.05, 4.69) is 20.5 Å². The molecule has 0 saturated carbocycles. The predicted octanol–water partition coefficient (Wildman–Crippen LogP) is 5.35. The molecule has 2 aromatic heterocycles. The van der Waals surface area contributed by atoms with E-state index in [0.29, 0.717) is 5.75 Å². The van der Waals surface area contributed by atoms with Crippen molar-refractivity contribution < 1.29 is 0 Å². The number of hydrogen-bond donors (Lipinski definition) is 2. The summed E-state index contributed by atoms with van der Waals surface area (Å²) in [5, 5.41) is 12.2. The van der Waals surface area contributed by atoms with Crippen molar-refractivity contribution in [2.24, 2.45) is 0 Å². The summed E-state index contributed by atoms with van der Waals surface area (Å²) >= 11 is 7.62. The number of aryl methyl sites for hydroxylation is 1. The van der Waals surface area contributed by atoms with Gasteiger partial charge in [0.2, 0.25) is 0 Å². The van der Waals surface area contributed by atoms with Crippen LogP contribution in [0, 0.1) is 6.92 Å². The maximum Gasteiger partial charge on any atom is 0.153 e. The maximum absolute atomic E-state index is 5.94. The Labute approximate surface area is 160 Å². The topological polar surface area (TPSA) is 66.5 Å². The molecule has 26 heavy (non-hydrogen) atoms. The summed E-state index contributed by atoms with van der Waals surface area (Å²) < 4.78 is 0. The summed E-state index contributed by atoms with van der Waals surface area (Å²) in [7, 11) is 0. The van der Waals surface area contributed by atoms with E-state index in [1.807, 2.05) is 61.5 Å². The van der Waals surface area contributed by atoms with E-state index in [4.69, 9.17) is 16.6 Å². The standard InChI is InChI=1S/C19H16ClN5S/c1-12-10-17(25-24-12)22-19-15-4-2-3-5-16(15)21-18(23-19)11-26-14-8-6-13(20)7-9-14/h2-10H,11H2,1H3,(H2,21,22,23,24,25). The fourth-order valence-corrected chi connectivity index (χ4v) is 3.45. The third-order valence-corrected chi connectivity index (χ3v) is 5.04. The van der Waals surface area contributed by atoms with Gasteiger partial charge >= 0.3 is 0 Å². The van der Waals surface area contributed by atoms with Crippen molar-refractivity contribution in [1.29, 1.82) is 0 Å². The number of para-hydroxylation sites is 1. The van der Waals surface area contributed by atoms with Gasteiger partial charge in [-0.25, -0.2) is 9.97 Å². The van der Waals surface area contributed by atoms with Crippen LogP contribution in [0.15, 0.2) is 59.5 Å². The van der Waals surface area contributed by atoms with Crippen LogP contribution in [-0.2, 0) is 5.75 Å². The zero-order chi connectivity index (χ0) is 17.9. The first-order chi connectivity index (χ1) is 12.7. The van der Waals surface area contributed by atoms with Crippen molar-refractivity contribution in [2.45, 2.75) is 17.6 Å². The number of hydrogen-bond acceptors (Lipinski definition) is 5. The monoisotopic (exact) mass is 381 g/mol. The largest absolute Gasteiger partial charge is 0.323 e. The second kappa shape index (κ2) is 7.35. The Morgan fingerprint density at radius 1 is 1.08 bits per heavy atom. The molecule has 0 radical (unpaired) electrons. The van der Waals surface area contributed by atoms with Crippen LogP contribution in [0.5, 0.6) is 0 Å². The molecule has 7 heteroatoms. The third-order valence-electron chi connectivity index (χ3n) is 3.78. The minimum absolute atomic E-state index is 0.667. The molecule has 0 atom stereocenters. The number of thioether (sulfide) groups is 1. The number of fused-ring (bicyclic) bond motifs is 1. The van der Waals surface area contributed by atoms with Gasteiger partial charge < -0.3 is 5.32 Å². The van der Waals surface area contributed by atoms with Crippen LogP contribution >= 0.6 is 23.4 Å². The molecule has 2 aromatic carbocycles. The third kappa shape index (κ3) is 3.81. The summed E-state index contributed by atoms with van der Waals surface area (Å²) in [6, 6.07) is 17.7. The normalized spacial score (nSPS) is 11.0. The van der Waals surface area contributed by atoms with E-state index < -0.39 is 0 Å². The zero-order valence-corrected chi connectivity index (χ0v) is 15.6. The Balaban J connectivity index is 1.63. The SMILES string of the molecule is Cc1cc(Nc2nc(CSc3ccc(Cl)cc3)nc3ccccc23)n[nH]1. The Morgan fingerprint density at radius 3 is 2.65 bits per heavy atom. The van der Waals surface area contributed by atoms with E-state index >= 15 is 0 Å². The van der Waals surface area contributed by atoms with Crippen molar-refractivity contribution in [3.8, 4) is 0 Å². The molecule has 4 aromatic rings. The van der Waals surface area contributed by atoms with Crippen LogP contribution in [0.2, 0.25) is 5.02 Å². The molecule has 0 aliphatic rings. The second-order valence-corrected chi connectivity index (χ2v) is 7.29. The number of aromatic amines is 1. The number of H-pyrrole nitrogens is 1. The molecule has 5 nitrogen and oxygen atoms in total. The van der Waals surface area contributed by atoms with E-state index in [9.17, 15) is 0 Å². The maximum atomic E-state index is 5.94. The van der Waals surface area contributed by atoms with Gasteiger partial charge in [-0.15, -0.1) is 11.8 Å². The predicted molar refractivity (Wildman–Crippen MR) is 107 cm³/mol. The molecular formula is C19H16ClN5S. The molecule has 2 heterocycles. The number of rotatable bonds is 5. The molecule has 0 bridgehead atoms. The highest BCUT2D eigenvalue weighted by Crippen LogP contribution is 2.27. The first-order valence-electron chi connectivity index (χ1n) is 8.10. The summed E-state index contributed by atoms with van der Waals surface area (Å²) in [6.45, 7) is 1.96. The summed E-state index contributed by atoms with van der Waals surface area (Å²) in [5.41, 5.74) is 1.90. The van der Waals surface area contributed by atoms with Gasteiger partial charge in [0, 0.05) is 27.1 Å². The zero-order valence-electron chi connectivity index (χ0n) is 14.0. The molecule has 2 N–H and O–H groups in total. The van der Waals surface area contributed by atoms with Gasteiger partial charge in [0.1, 0.15) is 11.6 Å². The van der Waals surface area contributed by atoms with Gasteiger partial charge in [-0.05, 0) is 43.3 Å². The highest BCUT2D eigenvalue weighted by atomic mass is 35.5. The van der Waals surface area contributed by atoms with Gasteiger partial charge in [-0.2, -0.15) is 5.10 Å². The first-order valence-corrected chi connectivity index (χ1v) is 9.47. The number of nitrogens with one attached hydrogen (secondary N) is 2. The van der Waals surface area contributed by atoms with E-state index in [1.165, 1.54) is 0 Å². The molecule has 0 saturated heterocycles. The quantitative estimate of drug-likeness (QED) is 0.456. The molecule has 0 fully saturated rings. The minimum atomic E-state index is 0.667. The van der Waals surface area contributed by atoms with Crippen molar-refractivity contribution in [2.75, 3.05) is 5.32 Å². The van der Waals surface area contributed by atoms with Crippen LogP contribution < -0.4 is 5.32 Å². The van der Waals surface area contributed by atoms with Crippen molar-refractivity contribution in [1.82, 2.24) is 20.2 Å². The highest BCUT2D eigenvalue weighted by Gasteiger charge is 2.10. The molecule has 0 aliphatic heterocycles. The van der Waals surface area contributed by atoms with Crippen LogP contribution in [-0.4, -0.2) is 20.2 Å². The summed E-state index contributed by atoms with van der Waals surface area (Å²) in [5.74, 6) is 2.93. The Morgan fingerprint density at radius 2 is 1.88 bits per heavy atom. The van der Waals surface area contributed by atoms with Gasteiger partial charge in [0.25, 0.3) is 0 Å².